The Balaban J connectivity index is 3.03. The highest BCUT2D eigenvalue weighted by Gasteiger charge is 1.88. The zero-order valence-corrected chi connectivity index (χ0v) is 4.80. The summed E-state index contributed by atoms with van der Waals surface area (Å²) in [6.45, 7) is 0. The largest absolute Gasteiger partial charge is 0.367 e. The first-order chi connectivity index (χ1) is 3.79. The molecule has 1 rings (SSSR count). The van der Waals surface area contributed by atoms with Crippen LogP contribution in [0.1, 0.15) is 0 Å². The second-order valence-electron chi connectivity index (χ2n) is 1.22. The molecule has 0 amide bonds. The molecule has 41 valence electrons. The fraction of sp³-hybridized carbons (Fsp3) is 0. The molecule has 3 nitrogen and oxygen atoms in total. The van der Waals surface area contributed by atoms with Crippen molar-refractivity contribution in [2.24, 2.45) is 0 Å². The Bertz CT molecular complexity index is 153. The Morgan fingerprint density at radius 1 is 1.38 bits per heavy atom. The second kappa shape index (κ2) is 2.00. The van der Waals surface area contributed by atoms with Crippen LogP contribution in [0.4, 0.5) is 0 Å². The standard InChI is InChI=1S/C4H3N2OS/c7-4-5-1-3(8)2-6-4/h1-2,8H. The van der Waals surface area contributed by atoms with Crippen LogP contribution < -0.4 is 0 Å². The highest BCUT2D eigenvalue weighted by atomic mass is 32.1. The number of hydrogen-bond donors (Lipinski definition) is 1. The SMILES string of the molecule is [O]c1ncc(S)cn1. The van der Waals surface area contributed by atoms with E-state index < -0.39 is 6.01 Å². The number of hydrogen-bond acceptors (Lipinski definition) is 3. The van der Waals surface area contributed by atoms with Crippen LogP contribution in [0, 0.1) is 0 Å². The molecule has 0 spiro atoms. The van der Waals surface area contributed by atoms with E-state index in [1.54, 1.807) is 0 Å². The van der Waals surface area contributed by atoms with E-state index in [-0.39, 0.29) is 0 Å². The molecule has 8 heavy (non-hydrogen) atoms. The van der Waals surface area contributed by atoms with Gasteiger partial charge in [-0.1, -0.05) is 0 Å². The Hall–Kier alpha value is -0.770. The summed E-state index contributed by atoms with van der Waals surface area (Å²) in [6, 6.07) is -0.470. The zero-order chi connectivity index (χ0) is 5.98. The number of nitrogens with zero attached hydrogens (tertiary/aromatic N) is 2. The van der Waals surface area contributed by atoms with Gasteiger partial charge in [0, 0.05) is 17.3 Å². The lowest BCUT2D eigenvalue weighted by atomic mass is 10.7. The van der Waals surface area contributed by atoms with Crippen molar-refractivity contribution in [3.8, 4) is 6.01 Å². The van der Waals surface area contributed by atoms with Crippen molar-refractivity contribution in [1.29, 1.82) is 0 Å². The maximum Gasteiger partial charge on any atom is 0.367 e. The van der Waals surface area contributed by atoms with Gasteiger partial charge in [0.25, 0.3) is 0 Å². The predicted octanol–water partition coefficient (Wildman–Crippen LogP) is 0.909. The van der Waals surface area contributed by atoms with Gasteiger partial charge in [-0.3, -0.25) is 0 Å². The molecule has 0 bridgehead atoms. The fourth-order valence-electron chi connectivity index (χ4n) is 0.309. The third kappa shape index (κ3) is 1.10. The van der Waals surface area contributed by atoms with E-state index >= 15 is 0 Å². The maximum atomic E-state index is 10.2. The average Bonchev–Trinajstić information content (AvgIpc) is 1.77. The van der Waals surface area contributed by atoms with Gasteiger partial charge in [-0.05, 0) is 0 Å². The van der Waals surface area contributed by atoms with Gasteiger partial charge in [-0.15, -0.1) is 12.6 Å². The van der Waals surface area contributed by atoms with Gasteiger partial charge < -0.3 is 0 Å². The van der Waals surface area contributed by atoms with Crippen LogP contribution in [0.25, 0.3) is 0 Å². The second-order valence-corrected chi connectivity index (χ2v) is 1.74. The molecular formula is C4H3N2OS. The summed E-state index contributed by atoms with van der Waals surface area (Å²) >= 11 is 3.87. The Morgan fingerprint density at radius 3 is 2.25 bits per heavy atom. The van der Waals surface area contributed by atoms with Gasteiger partial charge in [0.2, 0.25) is 0 Å². The molecule has 1 heterocycles. The molecule has 0 fully saturated rings. The average molecular weight is 127 g/mol. The third-order valence-corrected chi connectivity index (χ3v) is 0.845. The van der Waals surface area contributed by atoms with E-state index in [1.165, 1.54) is 12.4 Å². The summed E-state index contributed by atoms with van der Waals surface area (Å²) in [6.07, 6.45) is 2.72. The Kier molecular flexibility index (Phi) is 1.34. The summed E-state index contributed by atoms with van der Waals surface area (Å²) in [5, 5.41) is 10.2. The van der Waals surface area contributed by atoms with Crippen LogP contribution in [0.15, 0.2) is 17.3 Å². The van der Waals surface area contributed by atoms with Gasteiger partial charge in [0.1, 0.15) is 0 Å². The minimum Gasteiger partial charge on any atom is -0.244 e. The van der Waals surface area contributed by atoms with E-state index in [2.05, 4.69) is 22.6 Å². The summed E-state index contributed by atoms with van der Waals surface area (Å²) in [4.78, 5) is 7.27. The molecule has 1 aromatic heterocycles. The van der Waals surface area contributed by atoms with E-state index in [4.69, 9.17) is 0 Å². The predicted molar refractivity (Wildman–Crippen MR) is 29.4 cm³/mol. The smallest absolute Gasteiger partial charge is 0.244 e. The van der Waals surface area contributed by atoms with Crippen molar-refractivity contribution < 1.29 is 5.11 Å². The number of rotatable bonds is 0. The van der Waals surface area contributed by atoms with Gasteiger partial charge in [-0.25, -0.2) is 5.11 Å². The summed E-state index contributed by atoms with van der Waals surface area (Å²) in [5.74, 6) is 0. The Morgan fingerprint density at radius 2 is 1.88 bits per heavy atom. The fourth-order valence-corrected chi connectivity index (χ4v) is 0.425. The highest BCUT2D eigenvalue weighted by Crippen LogP contribution is 2.02. The van der Waals surface area contributed by atoms with Crippen molar-refractivity contribution in [2.45, 2.75) is 4.90 Å². The summed E-state index contributed by atoms with van der Waals surface area (Å²) < 4.78 is 0. The lowest BCUT2D eigenvalue weighted by Crippen LogP contribution is -1.75. The molecule has 0 aliphatic carbocycles. The van der Waals surface area contributed by atoms with E-state index in [0.29, 0.717) is 4.90 Å². The molecule has 4 heteroatoms. The van der Waals surface area contributed by atoms with Gasteiger partial charge in [0.05, 0.1) is 0 Å². The molecule has 0 unspecified atom stereocenters. The lowest BCUT2D eigenvalue weighted by molar-refractivity contribution is 0.318. The molecule has 1 radical (unpaired) electrons. The normalized spacial score (nSPS) is 9.12. The first kappa shape index (κ1) is 5.37. The van der Waals surface area contributed by atoms with Gasteiger partial charge in [-0.2, -0.15) is 9.97 Å². The van der Waals surface area contributed by atoms with E-state index in [0.717, 1.165) is 0 Å². The first-order valence-corrected chi connectivity index (χ1v) is 2.42. The third-order valence-electron chi connectivity index (χ3n) is 0.615. The Labute approximate surface area is 51.8 Å². The van der Waals surface area contributed by atoms with Crippen LogP contribution in [0.5, 0.6) is 6.01 Å². The highest BCUT2D eigenvalue weighted by molar-refractivity contribution is 7.80. The monoisotopic (exact) mass is 127 g/mol. The van der Waals surface area contributed by atoms with Crippen LogP contribution >= 0.6 is 12.6 Å². The zero-order valence-electron chi connectivity index (χ0n) is 3.90. The minimum absolute atomic E-state index is 0.470. The molecule has 0 N–H and O–H groups in total. The van der Waals surface area contributed by atoms with Crippen LogP contribution in [0.2, 0.25) is 0 Å². The molecule has 0 saturated carbocycles. The van der Waals surface area contributed by atoms with Crippen LogP contribution in [-0.4, -0.2) is 9.97 Å². The van der Waals surface area contributed by atoms with Crippen LogP contribution in [0.3, 0.4) is 0 Å². The molecular weight excluding hydrogens is 124 g/mol. The molecule has 0 saturated heterocycles. The van der Waals surface area contributed by atoms with Crippen molar-refractivity contribution in [1.82, 2.24) is 9.97 Å². The molecule has 1 aromatic rings. The van der Waals surface area contributed by atoms with Crippen molar-refractivity contribution in [2.75, 3.05) is 0 Å². The lowest BCUT2D eigenvalue weighted by Gasteiger charge is -1.83. The number of aromatic nitrogens is 2. The molecule has 0 aromatic carbocycles. The van der Waals surface area contributed by atoms with Crippen molar-refractivity contribution in [3.05, 3.63) is 12.4 Å². The van der Waals surface area contributed by atoms with E-state index in [9.17, 15) is 5.11 Å². The molecule has 0 atom stereocenters. The summed E-state index contributed by atoms with van der Waals surface area (Å²) in [5.41, 5.74) is 0. The van der Waals surface area contributed by atoms with Gasteiger partial charge >= 0.3 is 6.01 Å². The maximum absolute atomic E-state index is 10.2. The van der Waals surface area contributed by atoms with Crippen molar-refractivity contribution in [3.63, 3.8) is 0 Å². The quantitative estimate of drug-likeness (QED) is 0.526. The molecule has 0 aliphatic rings. The van der Waals surface area contributed by atoms with Gasteiger partial charge in [0.15, 0.2) is 0 Å². The van der Waals surface area contributed by atoms with Crippen LogP contribution in [-0.2, 0) is 5.11 Å². The molecule has 0 aliphatic heterocycles. The summed E-state index contributed by atoms with van der Waals surface area (Å²) in [7, 11) is 0. The topological polar surface area (TPSA) is 45.7 Å². The minimum atomic E-state index is -0.470. The van der Waals surface area contributed by atoms with Crippen molar-refractivity contribution >= 4 is 12.6 Å². The van der Waals surface area contributed by atoms with E-state index in [1.807, 2.05) is 0 Å². The first-order valence-electron chi connectivity index (χ1n) is 1.97. The number of thiol groups is 1.